The number of thioether (sulfide) groups is 1. The van der Waals surface area contributed by atoms with Crippen LogP contribution in [0.3, 0.4) is 0 Å². The Morgan fingerprint density at radius 3 is 2.40 bits per heavy atom. The van der Waals surface area contributed by atoms with Crippen molar-refractivity contribution in [3.05, 3.63) is 0 Å². The third-order valence-electron chi connectivity index (χ3n) is 1.87. The Bertz CT molecular complexity index is 102. The molecule has 10 heavy (non-hydrogen) atoms. The molecule has 1 aliphatic rings. The lowest BCUT2D eigenvalue weighted by Gasteiger charge is -2.27. The van der Waals surface area contributed by atoms with Crippen LogP contribution in [0.5, 0.6) is 0 Å². The molecule has 1 nitrogen and oxygen atoms in total. The quantitative estimate of drug-likeness (QED) is 0.680. The second kappa shape index (κ2) is 3.14. The van der Waals surface area contributed by atoms with Gasteiger partial charge < -0.3 is 5.11 Å². The van der Waals surface area contributed by atoms with Gasteiger partial charge in [-0.2, -0.15) is 11.8 Å². The Morgan fingerprint density at radius 2 is 2.10 bits per heavy atom. The van der Waals surface area contributed by atoms with Crippen molar-refractivity contribution >= 4 is 11.8 Å². The monoisotopic (exact) mass is 160 g/mol. The molecule has 1 N–H and O–H groups in total. The topological polar surface area (TPSA) is 20.2 Å². The molecule has 2 heteroatoms. The van der Waals surface area contributed by atoms with Gasteiger partial charge in [-0.25, -0.2) is 0 Å². The summed E-state index contributed by atoms with van der Waals surface area (Å²) in [5.74, 6) is 3.53. The SMILES string of the molecule is CC(C)(O)CCC1CSC1. The van der Waals surface area contributed by atoms with Crippen LogP contribution in [0.25, 0.3) is 0 Å². The first-order valence-corrected chi connectivity index (χ1v) is 5.03. The molecule has 0 aliphatic carbocycles. The van der Waals surface area contributed by atoms with Crippen molar-refractivity contribution < 1.29 is 5.11 Å². The Hall–Kier alpha value is 0.310. The van der Waals surface area contributed by atoms with Gasteiger partial charge in [0.25, 0.3) is 0 Å². The van der Waals surface area contributed by atoms with E-state index in [2.05, 4.69) is 0 Å². The van der Waals surface area contributed by atoms with Gasteiger partial charge >= 0.3 is 0 Å². The molecular formula is C8H16OS. The fourth-order valence-electron chi connectivity index (χ4n) is 1.01. The standard InChI is InChI=1S/C8H16OS/c1-8(2,9)4-3-7-5-10-6-7/h7,9H,3-6H2,1-2H3. The molecule has 0 amide bonds. The summed E-state index contributed by atoms with van der Waals surface area (Å²) in [5, 5.41) is 9.38. The minimum Gasteiger partial charge on any atom is -0.390 e. The first-order chi connectivity index (χ1) is 4.58. The maximum Gasteiger partial charge on any atom is 0.0591 e. The third kappa shape index (κ3) is 2.93. The Kier molecular flexibility index (Phi) is 2.64. The van der Waals surface area contributed by atoms with E-state index in [0.29, 0.717) is 0 Å². The summed E-state index contributed by atoms with van der Waals surface area (Å²) in [6.45, 7) is 3.78. The van der Waals surface area contributed by atoms with Crippen molar-refractivity contribution in [1.82, 2.24) is 0 Å². The number of rotatable bonds is 3. The summed E-state index contributed by atoms with van der Waals surface area (Å²) in [4.78, 5) is 0. The lowest BCUT2D eigenvalue weighted by molar-refractivity contribution is 0.0650. The van der Waals surface area contributed by atoms with Crippen LogP contribution in [-0.2, 0) is 0 Å². The highest BCUT2D eigenvalue weighted by Crippen LogP contribution is 2.30. The summed E-state index contributed by atoms with van der Waals surface area (Å²) in [7, 11) is 0. The first-order valence-electron chi connectivity index (χ1n) is 3.88. The highest BCUT2D eigenvalue weighted by molar-refractivity contribution is 8.00. The zero-order valence-electron chi connectivity index (χ0n) is 6.76. The van der Waals surface area contributed by atoms with Gasteiger partial charge in [0.1, 0.15) is 0 Å². The molecule has 1 rings (SSSR count). The normalized spacial score (nSPS) is 20.7. The molecule has 0 atom stereocenters. The van der Waals surface area contributed by atoms with Crippen LogP contribution >= 0.6 is 11.8 Å². The van der Waals surface area contributed by atoms with Gasteiger partial charge in [-0.3, -0.25) is 0 Å². The molecule has 0 unspecified atom stereocenters. The summed E-state index contributed by atoms with van der Waals surface area (Å²) in [6, 6.07) is 0. The summed E-state index contributed by atoms with van der Waals surface area (Å²) in [5.41, 5.74) is -0.444. The molecule has 0 bridgehead atoms. The highest BCUT2D eigenvalue weighted by Gasteiger charge is 2.21. The van der Waals surface area contributed by atoms with E-state index in [1.165, 1.54) is 17.9 Å². The smallest absolute Gasteiger partial charge is 0.0591 e. The van der Waals surface area contributed by atoms with Crippen LogP contribution in [0.4, 0.5) is 0 Å². The van der Waals surface area contributed by atoms with Gasteiger partial charge in [0, 0.05) is 0 Å². The minimum atomic E-state index is -0.444. The number of hydrogen-bond donors (Lipinski definition) is 1. The van der Waals surface area contributed by atoms with E-state index in [9.17, 15) is 5.11 Å². The number of aliphatic hydroxyl groups is 1. The predicted molar refractivity (Wildman–Crippen MR) is 46.3 cm³/mol. The van der Waals surface area contributed by atoms with Crippen LogP contribution in [0.2, 0.25) is 0 Å². The molecular weight excluding hydrogens is 144 g/mol. The van der Waals surface area contributed by atoms with E-state index in [0.717, 1.165) is 12.3 Å². The van der Waals surface area contributed by atoms with Crippen LogP contribution in [0.15, 0.2) is 0 Å². The first kappa shape index (κ1) is 8.41. The van der Waals surface area contributed by atoms with Crippen molar-refractivity contribution in [2.24, 2.45) is 5.92 Å². The maximum absolute atomic E-state index is 9.38. The molecule has 0 saturated carbocycles. The lowest BCUT2D eigenvalue weighted by Crippen LogP contribution is -2.24. The molecule has 1 fully saturated rings. The van der Waals surface area contributed by atoms with Crippen LogP contribution < -0.4 is 0 Å². The molecule has 1 heterocycles. The number of hydrogen-bond acceptors (Lipinski definition) is 2. The second-order valence-corrected chi connectivity index (χ2v) is 4.83. The van der Waals surface area contributed by atoms with Crippen molar-refractivity contribution in [2.75, 3.05) is 11.5 Å². The minimum absolute atomic E-state index is 0.444. The van der Waals surface area contributed by atoms with E-state index in [1.807, 2.05) is 25.6 Å². The van der Waals surface area contributed by atoms with Gasteiger partial charge in [-0.1, -0.05) is 0 Å². The van der Waals surface area contributed by atoms with Crippen LogP contribution in [-0.4, -0.2) is 22.2 Å². The fourth-order valence-corrected chi connectivity index (χ4v) is 1.91. The summed E-state index contributed by atoms with van der Waals surface area (Å²) >= 11 is 2.01. The van der Waals surface area contributed by atoms with E-state index < -0.39 is 5.60 Å². The van der Waals surface area contributed by atoms with E-state index in [1.54, 1.807) is 0 Å². The largest absolute Gasteiger partial charge is 0.390 e. The van der Waals surface area contributed by atoms with Gasteiger partial charge in [-0.15, -0.1) is 0 Å². The Balaban J connectivity index is 2.04. The third-order valence-corrected chi connectivity index (χ3v) is 3.29. The molecule has 0 aromatic carbocycles. The molecule has 1 aliphatic heterocycles. The lowest BCUT2D eigenvalue weighted by atomic mass is 9.97. The van der Waals surface area contributed by atoms with Gasteiger partial charge in [0.2, 0.25) is 0 Å². The van der Waals surface area contributed by atoms with Crippen molar-refractivity contribution in [3.63, 3.8) is 0 Å². The molecule has 60 valence electrons. The summed E-state index contributed by atoms with van der Waals surface area (Å²) in [6.07, 6.45) is 2.16. The second-order valence-electron chi connectivity index (χ2n) is 3.75. The average Bonchev–Trinajstić information content (AvgIpc) is 1.56. The van der Waals surface area contributed by atoms with Gasteiger partial charge in [0.05, 0.1) is 5.60 Å². The van der Waals surface area contributed by atoms with Crippen molar-refractivity contribution in [2.45, 2.75) is 32.3 Å². The van der Waals surface area contributed by atoms with Crippen molar-refractivity contribution in [1.29, 1.82) is 0 Å². The maximum atomic E-state index is 9.38. The van der Waals surface area contributed by atoms with E-state index >= 15 is 0 Å². The average molecular weight is 160 g/mol. The Morgan fingerprint density at radius 1 is 1.50 bits per heavy atom. The molecule has 1 saturated heterocycles. The molecule has 0 spiro atoms. The Labute approximate surface area is 67.2 Å². The van der Waals surface area contributed by atoms with Gasteiger partial charge in [-0.05, 0) is 44.1 Å². The molecule has 0 aromatic rings. The highest BCUT2D eigenvalue weighted by atomic mass is 32.2. The van der Waals surface area contributed by atoms with E-state index in [4.69, 9.17) is 0 Å². The van der Waals surface area contributed by atoms with Crippen molar-refractivity contribution in [3.8, 4) is 0 Å². The van der Waals surface area contributed by atoms with Crippen LogP contribution in [0, 0.1) is 5.92 Å². The zero-order chi connectivity index (χ0) is 7.61. The van der Waals surface area contributed by atoms with Gasteiger partial charge in [0.15, 0.2) is 0 Å². The summed E-state index contributed by atoms with van der Waals surface area (Å²) < 4.78 is 0. The van der Waals surface area contributed by atoms with Crippen LogP contribution in [0.1, 0.15) is 26.7 Å². The zero-order valence-corrected chi connectivity index (χ0v) is 7.58. The predicted octanol–water partition coefficient (Wildman–Crippen LogP) is 1.90. The molecule has 0 aromatic heterocycles. The molecule has 0 radical (unpaired) electrons. The fraction of sp³-hybridized carbons (Fsp3) is 1.00. The van der Waals surface area contributed by atoms with E-state index in [-0.39, 0.29) is 0 Å².